The van der Waals surface area contributed by atoms with Crippen molar-refractivity contribution in [1.82, 2.24) is 4.31 Å². The molecule has 0 aliphatic carbocycles. The average molecular weight is 333 g/mol. The monoisotopic (exact) mass is 333 g/mol. The molecule has 1 unspecified atom stereocenters. The minimum Gasteiger partial charge on any atom is -0.396 e. The van der Waals surface area contributed by atoms with Crippen LogP contribution in [0.2, 0.25) is 0 Å². The molecule has 1 saturated heterocycles. The smallest absolute Gasteiger partial charge is 0.243 e. The molecule has 1 fully saturated rings. The Morgan fingerprint density at radius 2 is 1.90 bits per heavy atom. The Bertz CT molecular complexity index is 695. The molecule has 21 heavy (non-hydrogen) atoms. The molecular weight excluding hydrogens is 314 g/mol. The maximum atomic E-state index is 12.6. The maximum absolute atomic E-state index is 12.6. The van der Waals surface area contributed by atoms with Crippen LogP contribution in [0.5, 0.6) is 0 Å². The Morgan fingerprint density at radius 3 is 2.43 bits per heavy atom. The van der Waals surface area contributed by atoms with Crippen molar-refractivity contribution in [3.63, 3.8) is 0 Å². The van der Waals surface area contributed by atoms with Gasteiger partial charge in [-0.05, 0) is 31.0 Å². The Hall–Kier alpha value is -0.960. The fourth-order valence-electron chi connectivity index (χ4n) is 2.43. The van der Waals surface area contributed by atoms with Gasteiger partial charge in [-0.2, -0.15) is 4.31 Å². The first-order chi connectivity index (χ1) is 9.76. The molecule has 1 aliphatic rings. The predicted octanol–water partition coefficient (Wildman–Crippen LogP) is 0.0290. The number of sulfone groups is 1. The van der Waals surface area contributed by atoms with Crippen molar-refractivity contribution in [2.75, 3.05) is 24.7 Å². The molecule has 0 spiro atoms. The molecule has 1 heterocycles. The summed E-state index contributed by atoms with van der Waals surface area (Å²) in [6, 6.07) is 5.75. The molecular formula is C13H19NO5S2. The third-order valence-electron chi connectivity index (χ3n) is 3.54. The third kappa shape index (κ3) is 3.63. The summed E-state index contributed by atoms with van der Waals surface area (Å²) in [4.78, 5) is 0.148. The average Bonchev–Trinajstić information content (AvgIpc) is 2.38. The van der Waals surface area contributed by atoms with Gasteiger partial charge in [0, 0.05) is 19.2 Å². The number of aliphatic hydroxyl groups is 1. The number of nitrogens with zero attached hydrogens (tertiary/aromatic N) is 1. The molecule has 1 aromatic rings. The van der Waals surface area contributed by atoms with Crippen LogP contribution in [0.4, 0.5) is 0 Å². The van der Waals surface area contributed by atoms with Gasteiger partial charge in [0.15, 0.2) is 9.84 Å². The summed E-state index contributed by atoms with van der Waals surface area (Å²) in [5.41, 5.74) is 0.853. The van der Waals surface area contributed by atoms with E-state index in [1.165, 1.54) is 16.4 Å². The zero-order valence-corrected chi connectivity index (χ0v) is 13.4. The highest BCUT2D eigenvalue weighted by Crippen LogP contribution is 2.22. The van der Waals surface area contributed by atoms with Crippen molar-refractivity contribution in [3.05, 3.63) is 29.8 Å². The fraction of sp³-hybridized carbons (Fsp3) is 0.538. The number of hydrogen-bond acceptors (Lipinski definition) is 5. The van der Waals surface area contributed by atoms with Crippen molar-refractivity contribution >= 4 is 19.9 Å². The van der Waals surface area contributed by atoms with E-state index >= 15 is 0 Å². The summed E-state index contributed by atoms with van der Waals surface area (Å²) in [5.74, 6) is -0.284. The number of aliphatic hydroxyl groups excluding tert-OH is 1. The van der Waals surface area contributed by atoms with Gasteiger partial charge in [0.2, 0.25) is 10.0 Å². The number of rotatable bonds is 4. The van der Waals surface area contributed by atoms with E-state index in [4.69, 9.17) is 5.11 Å². The summed E-state index contributed by atoms with van der Waals surface area (Å²) < 4.78 is 49.4. The minimum absolute atomic E-state index is 0.00706. The van der Waals surface area contributed by atoms with E-state index in [0.29, 0.717) is 6.42 Å². The SMILES string of the molecule is CC1CS(=O)(=O)CCN1S(=O)(=O)c1ccc(CCO)cc1. The zero-order valence-electron chi connectivity index (χ0n) is 11.8. The quantitative estimate of drug-likeness (QED) is 0.839. The molecule has 1 N–H and O–H groups in total. The normalized spacial score (nSPS) is 23.0. The predicted molar refractivity (Wildman–Crippen MR) is 79.2 cm³/mol. The second kappa shape index (κ2) is 6.04. The van der Waals surface area contributed by atoms with E-state index < -0.39 is 25.9 Å². The Labute approximate surface area is 125 Å². The van der Waals surface area contributed by atoms with Crippen LogP contribution < -0.4 is 0 Å². The highest BCUT2D eigenvalue weighted by molar-refractivity contribution is 7.92. The van der Waals surface area contributed by atoms with Crippen LogP contribution in [0.3, 0.4) is 0 Å². The molecule has 2 rings (SSSR count). The first kappa shape index (κ1) is 16.4. The van der Waals surface area contributed by atoms with Gasteiger partial charge in [0.05, 0.1) is 16.4 Å². The molecule has 118 valence electrons. The van der Waals surface area contributed by atoms with Gasteiger partial charge in [-0.1, -0.05) is 12.1 Å². The van der Waals surface area contributed by atoms with Crippen LogP contribution in [-0.4, -0.2) is 56.9 Å². The van der Waals surface area contributed by atoms with Crippen molar-refractivity contribution in [1.29, 1.82) is 0 Å². The summed E-state index contributed by atoms with van der Waals surface area (Å²) in [5, 5.41) is 8.85. The maximum Gasteiger partial charge on any atom is 0.243 e. The lowest BCUT2D eigenvalue weighted by atomic mass is 10.2. The van der Waals surface area contributed by atoms with Gasteiger partial charge in [0.1, 0.15) is 0 Å². The van der Waals surface area contributed by atoms with Crippen LogP contribution >= 0.6 is 0 Å². The second-order valence-corrected chi connectivity index (χ2v) is 9.32. The van der Waals surface area contributed by atoms with Crippen LogP contribution in [0.15, 0.2) is 29.2 Å². The minimum atomic E-state index is -3.69. The Kier molecular flexibility index (Phi) is 4.72. The number of benzene rings is 1. The standard InChI is InChI=1S/C13H19NO5S2/c1-11-10-20(16,17)9-7-14(11)21(18,19)13-4-2-12(3-5-13)6-8-15/h2-5,11,15H,6-10H2,1H3. The Balaban J connectivity index is 2.25. The van der Waals surface area contributed by atoms with Crippen LogP contribution in [-0.2, 0) is 26.3 Å². The van der Waals surface area contributed by atoms with E-state index in [2.05, 4.69) is 0 Å². The highest BCUT2D eigenvalue weighted by Gasteiger charge is 2.36. The van der Waals surface area contributed by atoms with Crippen molar-refractivity contribution in [2.45, 2.75) is 24.3 Å². The molecule has 0 radical (unpaired) electrons. The lowest BCUT2D eigenvalue weighted by molar-refractivity contribution is 0.299. The summed E-state index contributed by atoms with van der Waals surface area (Å²) in [7, 11) is -6.84. The summed E-state index contributed by atoms with van der Waals surface area (Å²) >= 11 is 0. The van der Waals surface area contributed by atoms with Crippen molar-refractivity contribution in [2.24, 2.45) is 0 Å². The van der Waals surface area contributed by atoms with Crippen LogP contribution in [0.1, 0.15) is 12.5 Å². The van der Waals surface area contributed by atoms with E-state index in [0.717, 1.165) is 5.56 Å². The molecule has 6 nitrogen and oxygen atoms in total. The number of hydrogen-bond donors (Lipinski definition) is 1. The highest BCUT2D eigenvalue weighted by atomic mass is 32.2. The van der Waals surface area contributed by atoms with Crippen LogP contribution in [0, 0.1) is 0 Å². The molecule has 1 aromatic carbocycles. The van der Waals surface area contributed by atoms with Gasteiger partial charge >= 0.3 is 0 Å². The molecule has 8 heteroatoms. The topological polar surface area (TPSA) is 91.8 Å². The molecule has 0 bridgehead atoms. The van der Waals surface area contributed by atoms with Gasteiger partial charge in [-0.3, -0.25) is 0 Å². The van der Waals surface area contributed by atoms with Gasteiger partial charge in [0.25, 0.3) is 0 Å². The molecule has 1 atom stereocenters. The van der Waals surface area contributed by atoms with Gasteiger partial charge in [-0.15, -0.1) is 0 Å². The van der Waals surface area contributed by atoms with Gasteiger partial charge < -0.3 is 5.11 Å². The Morgan fingerprint density at radius 1 is 1.29 bits per heavy atom. The first-order valence-corrected chi connectivity index (χ1v) is 9.94. The van der Waals surface area contributed by atoms with E-state index in [9.17, 15) is 16.8 Å². The molecule has 0 amide bonds. The fourth-order valence-corrected chi connectivity index (χ4v) is 5.83. The third-order valence-corrected chi connectivity index (χ3v) is 7.36. The van der Waals surface area contributed by atoms with E-state index in [1.54, 1.807) is 19.1 Å². The lowest BCUT2D eigenvalue weighted by Crippen LogP contribution is -2.49. The largest absolute Gasteiger partial charge is 0.396 e. The zero-order chi connectivity index (χ0) is 15.7. The van der Waals surface area contributed by atoms with E-state index in [1.807, 2.05) is 0 Å². The number of sulfonamides is 1. The molecule has 0 saturated carbocycles. The van der Waals surface area contributed by atoms with Crippen molar-refractivity contribution < 1.29 is 21.9 Å². The summed E-state index contributed by atoms with van der Waals surface area (Å²) in [6.07, 6.45) is 0.471. The lowest BCUT2D eigenvalue weighted by Gasteiger charge is -2.32. The molecule has 1 aliphatic heterocycles. The molecule has 0 aromatic heterocycles. The summed E-state index contributed by atoms with van der Waals surface area (Å²) in [6.45, 7) is 1.60. The second-order valence-electron chi connectivity index (χ2n) is 5.20. The van der Waals surface area contributed by atoms with Crippen molar-refractivity contribution in [3.8, 4) is 0 Å². The van der Waals surface area contributed by atoms with Gasteiger partial charge in [-0.25, -0.2) is 16.8 Å². The van der Waals surface area contributed by atoms with Crippen LogP contribution in [0.25, 0.3) is 0 Å². The first-order valence-electron chi connectivity index (χ1n) is 6.68. The van der Waals surface area contributed by atoms with E-state index in [-0.39, 0.29) is 29.6 Å².